The molecule has 1 aliphatic heterocycles. The maximum absolute atomic E-state index is 4.57. The minimum Gasteiger partial charge on any atom is -0.369 e. The van der Waals surface area contributed by atoms with Gasteiger partial charge in [0.2, 0.25) is 0 Å². The number of piperazine rings is 1. The van der Waals surface area contributed by atoms with Crippen LogP contribution in [-0.4, -0.2) is 41.1 Å². The van der Waals surface area contributed by atoms with E-state index in [1.54, 1.807) is 0 Å². The predicted molar refractivity (Wildman–Crippen MR) is 88.7 cm³/mol. The van der Waals surface area contributed by atoms with Crippen molar-refractivity contribution in [3.05, 3.63) is 42.7 Å². The number of nitrogens with one attached hydrogen (secondary N) is 3. The van der Waals surface area contributed by atoms with Crippen molar-refractivity contribution in [3.8, 4) is 0 Å². The van der Waals surface area contributed by atoms with Crippen LogP contribution in [0.15, 0.2) is 42.7 Å². The van der Waals surface area contributed by atoms with Crippen LogP contribution in [0.1, 0.15) is 0 Å². The lowest BCUT2D eigenvalue weighted by atomic mass is 10.3. The Kier molecular flexibility index (Phi) is 3.36. The van der Waals surface area contributed by atoms with Crippen molar-refractivity contribution in [2.45, 2.75) is 0 Å². The highest BCUT2D eigenvalue weighted by Crippen LogP contribution is 2.21. The Morgan fingerprint density at radius 3 is 2.86 bits per heavy atom. The fourth-order valence-corrected chi connectivity index (χ4v) is 2.74. The minimum atomic E-state index is 0.803. The molecule has 6 heteroatoms. The van der Waals surface area contributed by atoms with E-state index in [1.807, 2.05) is 30.6 Å². The second-order valence-electron chi connectivity index (χ2n) is 5.37. The third-order valence-corrected chi connectivity index (χ3v) is 3.89. The molecule has 0 amide bonds. The third-order valence-electron chi connectivity index (χ3n) is 3.89. The highest BCUT2D eigenvalue weighted by molar-refractivity contribution is 5.77. The topological polar surface area (TPSA) is 68.9 Å². The standard InChI is InChI=1S/C16H18N6/c1-2-15(20-14-4-6-18-13(1)14)21-16-11-12(3-5-19-16)22-9-7-17-8-10-22/h1-6,11,17-18H,7-10H2,(H,19,20,21). The van der Waals surface area contributed by atoms with E-state index in [2.05, 4.69) is 42.6 Å². The first-order chi connectivity index (χ1) is 10.9. The second-order valence-corrected chi connectivity index (χ2v) is 5.37. The largest absolute Gasteiger partial charge is 0.369 e. The molecule has 0 bridgehead atoms. The molecule has 0 saturated carbocycles. The Balaban J connectivity index is 1.56. The Labute approximate surface area is 128 Å². The zero-order valence-electron chi connectivity index (χ0n) is 12.2. The van der Waals surface area contributed by atoms with Gasteiger partial charge in [-0.15, -0.1) is 0 Å². The van der Waals surface area contributed by atoms with Gasteiger partial charge in [0.1, 0.15) is 11.6 Å². The molecule has 1 aliphatic rings. The lowest BCUT2D eigenvalue weighted by Crippen LogP contribution is -2.43. The molecule has 3 aromatic rings. The van der Waals surface area contributed by atoms with Gasteiger partial charge in [0, 0.05) is 50.3 Å². The molecule has 4 heterocycles. The van der Waals surface area contributed by atoms with E-state index in [-0.39, 0.29) is 0 Å². The molecule has 1 fully saturated rings. The van der Waals surface area contributed by atoms with Crippen molar-refractivity contribution in [1.29, 1.82) is 0 Å². The molecular formula is C16H18N6. The van der Waals surface area contributed by atoms with Gasteiger partial charge in [0.15, 0.2) is 0 Å². The summed E-state index contributed by atoms with van der Waals surface area (Å²) >= 11 is 0. The van der Waals surface area contributed by atoms with Crippen molar-refractivity contribution in [2.75, 3.05) is 36.4 Å². The summed E-state index contributed by atoms with van der Waals surface area (Å²) in [7, 11) is 0. The van der Waals surface area contributed by atoms with Crippen LogP contribution in [0.4, 0.5) is 17.3 Å². The minimum absolute atomic E-state index is 0.803. The molecular weight excluding hydrogens is 276 g/mol. The number of anilines is 3. The fourth-order valence-electron chi connectivity index (χ4n) is 2.74. The van der Waals surface area contributed by atoms with E-state index < -0.39 is 0 Å². The third kappa shape index (κ3) is 2.60. The number of aromatic amines is 1. The van der Waals surface area contributed by atoms with Gasteiger partial charge in [0.25, 0.3) is 0 Å². The van der Waals surface area contributed by atoms with Gasteiger partial charge in [-0.05, 0) is 24.3 Å². The predicted octanol–water partition coefficient (Wildman–Crippen LogP) is 2.11. The van der Waals surface area contributed by atoms with Gasteiger partial charge < -0.3 is 20.5 Å². The first-order valence-corrected chi connectivity index (χ1v) is 7.51. The molecule has 1 saturated heterocycles. The Morgan fingerprint density at radius 2 is 1.95 bits per heavy atom. The number of aromatic nitrogens is 3. The van der Waals surface area contributed by atoms with Crippen molar-refractivity contribution in [1.82, 2.24) is 20.3 Å². The van der Waals surface area contributed by atoms with Crippen LogP contribution >= 0.6 is 0 Å². The number of H-pyrrole nitrogens is 1. The highest BCUT2D eigenvalue weighted by atomic mass is 15.2. The normalized spacial score (nSPS) is 15.2. The molecule has 6 nitrogen and oxygen atoms in total. The molecule has 0 aliphatic carbocycles. The highest BCUT2D eigenvalue weighted by Gasteiger charge is 2.11. The number of hydrogen-bond acceptors (Lipinski definition) is 5. The zero-order chi connectivity index (χ0) is 14.8. The van der Waals surface area contributed by atoms with Crippen LogP contribution in [0, 0.1) is 0 Å². The smallest absolute Gasteiger partial charge is 0.133 e. The molecule has 0 atom stereocenters. The Hall–Kier alpha value is -2.60. The average Bonchev–Trinajstić information content (AvgIpc) is 3.04. The fraction of sp³-hybridized carbons (Fsp3) is 0.250. The van der Waals surface area contributed by atoms with E-state index in [0.29, 0.717) is 0 Å². The first-order valence-electron chi connectivity index (χ1n) is 7.51. The summed E-state index contributed by atoms with van der Waals surface area (Å²) in [6.07, 6.45) is 3.74. The van der Waals surface area contributed by atoms with E-state index in [9.17, 15) is 0 Å². The van der Waals surface area contributed by atoms with Crippen LogP contribution in [0.25, 0.3) is 11.0 Å². The summed E-state index contributed by atoms with van der Waals surface area (Å²) in [5.74, 6) is 1.62. The molecule has 4 rings (SSSR count). The average molecular weight is 294 g/mol. The first kappa shape index (κ1) is 13.1. The van der Waals surface area contributed by atoms with Crippen LogP contribution in [-0.2, 0) is 0 Å². The van der Waals surface area contributed by atoms with Crippen molar-refractivity contribution in [2.24, 2.45) is 0 Å². The summed E-state index contributed by atoms with van der Waals surface area (Å²) in [4.78, 5) is 14.5. The number of nitrogens with zero attached hydrogens (tertiary/aromatic N) is 3. The molecule has 112 valence electrons. The summed E-state index contributed by atoms with van der Waals surface area (Å²) < 4.78 is 0. The van der Waals surface area contributed by atoms with Crippen molar-refractivity contribution >= 4 is 28.4 Å². The maximum atomic E-state index is 4.57. The van der Waals surface area contributed by atoms with E-state index in [4.69, 9.17) is 0 Å². The monoisotopic (exact) mass is 294 g/mol. The quantitative estimate of drug-likeness (QED) is 0.690. The lowest BCUT2D eigenvalue weighted by Gasteiger charge is -2.29. The van der Waals surface area contributed by atoms with Crippen LogP contribution in [0.2, 0.25) is 0 Å². The summed E-state index contributed by atoms with van der Waals surface area (Å²) in [5.41, 5.74) is 3.18. The van der Waals surface area contributed by atoms with E-state index >= 15 is 0 Å². The number of hydrogen-bond donors (Lipinski definition) is 3. The van der Waals surface area contributed by atoms with Crippen LogP contribution < -0.4 is 15.5 Å². The molecule has 22 heavy (non-hydrogen) atoms. The van der Waals surface area contributed by atoms with Crippen LogP contribution in [0.5, 0.6) is 0 Å². The van der Waals surface area contributed by atoms with Gasteiger partial charge >= 0.3 is 0 Å². The van der Waals surface area contributed by atoms with Crippen molar-refractivity contribution < 1.29 is 0 Å². The zero-order valence-corrected chi connectivity index (χ0v) is 12.2. The number of fused-ring (bicyclic) bond motifs is 1. The van der Waals surface area contributed by atoms with Crippen LogP contribution in [0.3, 0.4) is 0 Å². The lowest BCUT2D eigenvalue weighted by molar-refractivity contribution is 0.589. The molecule has 0 radical (unpaired) electrons. The summed E-state index contributed by atoms with van der Waals surface area (Å²) in [6, 6.07) is 10.1. The van der Waals surface area contributed by atoms with Gasteiger partial charge in [-0.3, -0.25) is 0 Å². The van der Waals surface area contributed by atoms with E-state index in [1.165, 1.54) is 5.69 Å². The Bertz CT molecular complexity index is 775. The van der Waals surface area contributed by atoms with E-state index in [0.717, 1.165) is 48.8 Å². The maximum Gasteiger partial charge on any atom is 0.133 e. The van der Waals surface area contributed by atoms with Gasteiger partial charge in [0.05, 0.1) is 11.0 Å². The van der Waals surface area contributed by atoms with Gasteiger partial charge in [-0.2, -0.15) is 0 Å². The van der Waals surface area contributed by atoms with Gasteiger partial charge in [-0.25, -0.2) is 9.97 Å². The van der Waals surface area contributed by atoms with Gasteiger partial charge in [-0.1, -0.05) is 0 Å². The summed E-state index contributed by atoms with van der Waals surface area (Å²) in [5, 5.41) is 6.65. The van der Waals surface area contributed by atoms with Crippen molar-refractivity contribution in [3.63, 3.8) is 0 Å². The second kappa shape index (κ2) is 5.65. The molecule has 0 aromatic carbocycles. The Morgan fingerprint density at radius 1 is 1.05 bits per heavy atom. The SMILES string of the molecule is c1cc(N2CCNCC2)cc(Nc2ccc3[nH]ccc3n2)n1. The number of pyridine rings is 2. The molecule has 0 spiro atoms. The number of rotatable bonds is 3. The molecule has 3 aromatic heterocycles. The summed E-state index contributed by atoms with van der Waals surface area (Å²) in [6.45, 7) is 4.10. The molecule has 3 N–H and O–H groups in total. The molecule has 0 unspecified atom stereocenters.